The lowest BCUT2D eigenvalue weighted by Gasteiger charge is -2.21. The third-order valence-electron chi connectivity index (χ3n) is 3.18. The van der Waals surface area contributed by atoms with Crippen molar-refractivity contribution in [3.8, 4) is 0 Å². The highest BCUT2D eigenvalue weighted by atomic mass is 16.2. The number of carbonyl (C=O) groups is 1. The molecule has 0 saturated carbocycles. The maximum absolute atomic E-state index is 12.0. The molecule has 1 aromatic rings. The van der Waals surface area contributed by atoms with E-state index in [0.717, 1.165) is 25.8 Å². The number of hydrogen-bond acceptors (Lipinski definition) is 2. The number of carbonyl (C=O) groups excluding carboxylic acids is 1. The number of hydrogen-bond donors (Lipinski definition) is 1. The molecule has 0 fully saturated rings. The first-order valence-corrected chi connectivity index (χ1v) is 6.80. The zero-order chi connectivity index (χ0) is 14.1. The van der Waals surface area contributed by atoms with E-state index in [9.17, 15) is 4.79 Å². The van der Waals surface area contributed by atoms with Crippen molar-refractivity contribution in [2.24, 2.45) is 5.73 Å². The number of likely N-dealkylation sites (N-methyl/N-ethyl adjacent to an activating group) is 1. The van der Waals surface area contributed by atoms with Crippen LogP contribution in [0.5, 0.6) is 0 Å². The number of unbranched alkanes of at least 4 members (excludes halogenated alkanes) is 1. The minimum absolute atomic E-state index is 0.0278. The van der Waals surface area contributed by atoms with Gasteiger partial charge in [-0.15, -0.1) is 6.58 Å². The van der Waals surface area contributed by atoms with Crippen molar-refractivity contribution in [2.75, 3.05) is 13.6 Å². The molecular weight excluding hydrogens is 236 g/mol. The molecule has 0 aliphatic rings. The Balaban J connectivity index is 2.33. The fourth-order valence-electron chi connectivity index (χ4n) is 1.96. The maximum atomic E-state index is 12.0. The molecule has 0 spiro atoms. The Morgan fingerprint density at radius 3 is 2.74 bits per heavy atom. The van der Waals surface area contributed by atoms with Gasteiger partial charge in [0.1, 0.15) is 0 Å². The first kappa shape index (κ1) is 15.4. The summed E-state index contributed by atoms with van der Waals surface area (Å²) in [6, 6.07) is 9.71. The minimum Gasteiger partial charge on any atom is -0.344 e. The highest BCUT2D eigenvalue weighted by Crippen LogP contribution is 2.06. The lowest BCUT2D eigenvalue weighted by Crippen LogP contribution is -2.42. The van der Waals surface area contributed by atoms with Crippen LogP contribution in [0.25, 0.3) is 0 Å². The summed E-state index contributed by atoms with van der Waals surface area (Å²) in [6.45, 7) is 4.41. The molecule has 3 nitrogen and oxygen atoms in total. The SMILES string of the molecule is C=CCCCN(C)C(=O)C(N)CCc1ccccc1. The summed E-state index contributed by atoms with van der Waals surface area (Å²) >= 11 is 0. The zero-order valence-electron chi connectivity index (χ0n) is 11.7. The summed E-state index contributed by atoms with van der Waals surface area (Å²) in [5.74, 6) is 0.0278. The molecule has 0 bridgehead atoms. The molecule has 0 aliphatic carbocycles. The smallest absolute Gasteiger partial charge is 0.239 e. The van der Waals surface area contributed by atoms with Gasteiger partial charge in [-0.1, -0.05) is 36.4 Å². The number of nitrogens with zero attached hydrogens (tertiary/aromatic N) is 1. The van der Waals surface area contributed by atoms with Gasteiger partial charge in [-0.05, 0) is 31.2 Å². The van der Waals surface area contributed by atoms with E-state index in [1.54, 1.807) is 4.90 Å². The highest BCUT2D eigenvalue weighted by molar-refractivity contribution is 5.81. The van der Waals surface area contributed by atoms with E-state index in [4.69, 9.17) is 5.73 Å². The molecule has 1 unspecified atom stereocenters. The Morgan fingerprint density at radius 2 is 2.11 bits per heavy atom. The average molecular weight is 260 g/mol. The quantitative estimate of drug-likeness (QED) is 0.576. The van der Waals surface area contributed by atoms with Crippen LogP contribution >= 0.6 is 0 Å². The van der Waals surface area contributed by atoms with Crippen molar-refractivity contribution in [1.82, 2.24) is 4.90 Å². The molecule has 2 N–H and O–H groups in total. The van der Waals surface area contributed by atoms with Crippen molar-refractivity contribution in [3.05, 3.63) is 48.6 Å². The van der Waals surface area contributed by atoms with Crippen molar-refractivity contribution < 1.29 is 4.79 Å². The Kier molecular flexibility index (Phi) is 6.90. The second-order valence-electron chi connectivity index (χ2n) is 4.82. The highest BCUT2D eigenvalue weighted by Gasteiger charge is 2.17. The largest absolute Gasteiger partial charge is 0.344 e. The second-order valence-corrected chi connectivity index (χ2v) is 4.82. The molecule has 1 atom stereocenters. The molecule has 1 amide bonds. The van der Waals surface area contributed by atoms with E-state index in [0.29, 0.717) is 6.42 Å². The fourth-order valence-corrected chi connectivity index (χ4v) is 1.96. The Morgan fingerprint density at radius 1 is 1.42 bits per heavy atom. The molecule has 0 radical (unpaired) electrons. The Bertz CT molecular complexity index is 389. The molecule has 1 aromatic carbocycles. The lowest BCUT2D eigenvalue weighted by molar-refractivity contribution is -0.131. The van der Waals surface area contributed by atoms with Gasteiger partial charge in [-0.25, -0.2) is 0 Å². The summed E-state index contributed by atoms with van der Waals surface area (Å²) in [7, 11) is 1.81. The van der Waals surface area contributed by atoms with E-state index in [-0.39, 0.29) is 5.91 Å². The van der Waals surface area contributed by atoms with Gasteiger partial charge in [0.25, 0.3) is 0 Å². The van der Waals surface area contributed by atoms with Gasteiger partial charge < -0.3 is 10.6 Å². The zero-order valence-corrected chi connectivity index (χ0v) is 11.7. The standard InChI is InChI=1S/C16H24N2O/c1-3-4-8-13-18(2)16(19)15(17)12-11-14-9-6-5-7-10-14/h3,5-7,9-10,15H,1,4,8,11-13,17H2,2H3. The van der Waals surface area contributed by atoms with Crippen molar-refractivity contribution in [1.29, 1.82) is 0 Å². The van der Waals surface area contributed by atoms with Crippen molar-refractivity contribution in [3.63, 3.8) is 0 Å². The van der Waals surface area contributed by atoms with Crippen LogP contribution in [-0.4, -0.2) is 30.4 Å². The second kappa shape index (κ2) is 8.48. The van der Waals surface area contributed by atoms with Crippen LogP contribution in [-0.2, 0) is 11.2 Å². The van der Waals surface area contributed by atoms with Crippen LogP contribution in [0.15, 0.2) is 43.0 Å². The summed E-state index contributed by atoms with van der Waals surface area (Å²) in [5, 5.41) is 0. The number of benzene rings is 1. The summed E-state index contributed by atoms with van der Waals surface area (Å²) in [4.78, 5) is 13.8. The first-order valence-electron chi connectivity index (χ1n) is 6.80. The molecular formula is C16H24N2O. The summed E-state index contributed by atoms with van der Waals surface area (Å²) in [6.07, 6.45) is 5.27. The van der Waals surface area contributed by atoms with Crippen molar-refractivity contribution in [2.45, 2.75) is 31.7 Å². The van der Waals surface area contributed by atoms with Crippen LogP contribution in [0.1, 0.15) is 24.8 Å². The van der Waals surface area contributed by atoms with E-state index >= 15 is 0 Å². The molecule has 3 heteroatoms. The third-order valence-corrected chi connectivity index (χ3v) is 3.18. The Hall–Kier alpha value is -1.61. The lowest BCUT2D eigenvalue weighted by atomic mass is 10.0. The third kappa shape index (κ3) is 5.71. The summed E-state index contributed by atoms with van der Waals surface area (Å²) in [5.41, 5.74) is 7.18. The van der Waals surface area contributed by atoms with Gasteiger partial charge in [-0.2, -0.15) is 0 Å². The van der Waals surface area contributed by atoms with Gasteiger partial charge in [-0.3, -0.25) is 4.79 Å². The van der Waals surface area contributed by atoms with E-state index in [2.05, 4.69) is 18.7 Å². The molecule has 0 saturated heterocycles. The first-order chi connectivity index (χ1) is 9.15. The molecule has 0 aliphatic heterocycles. The topological polar surface area (TPSA) is 46.3 Å². The summed E-state index contributed by atoms with van der Waals surface area (Å²) < 4.78 is 0. The monoisotopic (exact) mass is 260 g/mol. The van der Waals surface area contributed by atoms with Crippen LogP contribution in [0.2, 0.25) is 0 Å². The van der Waals surface area contributed by atoms with E-state index in [1.165, 1.54) is 5.56 Å². The minimum atomic E-state index is -0.408. The normalized spacial score (nSPS) is 11.9. The van der Waals surface area contributed by atoms with Crippen LogP contribution in [0, 0.1) is 0 Å². The number of rotatable bonds is 8. The van der Waals surface area contributed by atoms with Gasteiger partial charge in [0.2, 0.25) is 5.91 Å². The van der Waals surface area contributed by atoms with Gasteiger partial charge in [0, 0.05) is 13.6 Å². The number of amides is 1. The maximum Gasteiger partial charge on any atom is 0.239 e. The molecule has 1 rings (SSSR count). The van der Waals surface area contributed by atoms with E-state index in [1.807, 2.05) is 31.3 Å². The van der Waals surface area contributed by atoms with Gasteiger partial charge in [0.05, 0.1) is 6.04 Å². The number of allylic oxidation sites excluding steroid dienone is 1. The fraction of sp³-hybridized carbons (Fsp3) is 0.438. The predicted molar refractivity (Wildman–Crippen MR) is 79.8 cm³/mol. The Labute approximate surface area is 116 Å². The predicted octanol–water partition coefficient (Wildman–Crippen LogP) is 2.37. The average Bonchev–Trinajstić information content (AvgIpc) is 2.45. The van der Waals surface area contributed by atoms with Crippen LogP contribution in [0.3, 0.4) is 0 Å². The molecule has 104 valence electrons. The van der Waals surface area contributed by atoms with Crippen LogP contribution in [0.4, 0.5) is 0 Å². The molecule has 0 heterocycles. The number of nitrogens with two attached hydrogens (primary N) is 1. The number of aryl methyl sites for hydroxylation is 1. The van der Waals surface area contributed by atoms with Gasteiger partial charge in [0.15, 0.2) is 0 Å². The van der Waals surface area contributed by atoms with E-state index < -0.39 is 6.04 Å². The van der Waals surface area contributed by atoms with Crippen LogP contribution < -0.4 is 5.73 Å². The molecule has 19 heavy (non-hydrogen) atoms. The van der Waals surface area contributed by atoms with Crippen molar-refractivity contribution >= 4 is 5.91 Å². The van der Waals surface area contributed by atoms with Gasteiger partial charge >= 0.3 is 0 Å². The molecule has 0 aromatic heterocycles.